The van der Waals surface area contributed by atoms with Crippen LogP contribution in [0.1, 0.15) is 32.9 Å². The molecular formula is C28H35N3O3S. The molecule has 1 N–H and O–H groups in total. The third kappa shape index (κ3) is 7.94. The zero-order chi connectivity index (χ0) is 25.2. The third-order valence-electron chi connectivity index (χ3n) is 5.81. The summed E-state index contributed by atoms with van der Waals surface area (Å²) in [6.45, 7) is 7.93. The van der Waals surface area contributed by atoms with Crippen molar-refractivity contribution in [3.63, 3.8) is 0 Å². The van der Waals surface area contributed by atoms with Crippen LogP contribution in [-0.2, 0) is 22.6 Å². The van der Waals surface area contributed by atoms with E-state index in [0.29, 0.717) is 32.7 Å². The van der Waals surface area contributed by atoms with Crippen molar-refractivity contribution in [2.75, 3.05) is 32.1 Å². The lowest BCUT2D eigenvalue weighted by molar-refractivity contribution is -0.133. The number of ether oxygens (including phenoxy) is 1. The SMILES string of the molecule is COCCCN(CC(=O)N(Cc1ccccc1)Cc1ccc(C)s1)C(=O)Nc1c(C)cccc1C. The van der Waals surface area contributed by atoms with Gasteiger partial charge in [0, 0.05) is 42.2 Å². The molecule has 35 heavy (non-hydrogen) atoms. The summed E-state index contributed by atoms with van der Waals surface area (Å²) in [5.74, 6) is -0.0889. The van der Waals surface area contributed by atoms with Crippen LogP contribution in [0.3, 0.4) is 0 Å². The van der Waals surface area contributed by atoms with Gasteiger partial charge in [-0.15, -0.1) is 11.3 Å². The minimum absolute atomic E-state index is 0.00231. The van der Waals surface area contributed by atoms with E-state index in [1.807, 2.05) is 67.3 Å². The number of rotatable bonds is 11. The normalized spacial score (nSPS) is 10.7. The molecule has 0 bridgehead atoms. The minimum atomic E-state index is -0.279. The smallest absolute Gasteiger partial charge is 0.322 e. The number of amides is 3. The van der Waals surface area contributed by atoms with Gasteiger partial charge >= 0.3 is 6.03 Å². The molecule has 0 saturated carbocycles. The van der Waals surface area contributed by atoms with E-state index in [0.717, 1.165) is 27.3 Å². The number of nitrogens with zero attached hydrogens (tertiary/aromatic N) is 2. The minimum Gasteiger partial charge on any atom is -0.385 e. The van der Waals surface area contributed by atoms with Gasteiger partial charge in [-0.2, -0.15) is 0 Å². The van der Waals surface area contributed by atoms with Crippen molar-refractivity contribution < 1.29 is 14.3 Å². The maximum atomic E-state index is 13.6. The Hall–Kier alpha value is -3.16. The summed E-state index contributed by atoms with van der Waals surface area (Å²) in [5, 5.41) is 3.03. The topological polar surface area (TPSA) is 61.9 Å². The van der Waals surface area contributed by atoms with E-state index < -0.39 is 0 Å². The van der Waals surface area contributed by atoms with Crippen LogP contribution in [0.25, 0.3) is 0 Å². The molecular weight excluding hydrogens is 458 g/mol. The summed E-state index contributed by atoms with van der Waals surface area (Å²) >= 11 is 1.69. The molecule has 3 rings (SSSR count). The lowest BCUT2D eigenvalue weighted by Crippen LogP contribution is -2.44. The molecule has 0 aliphatic carbocycles. The molecule has 3 aromatic rings. The fourth-order valence-electron chi connectivity index (χ4n) is 3.91. The highest BCUT2D eigenvalue weighted by molar-refractivity contribution is 7.11. The average molecular weight is 494 g/mol. The van der Waals surface area contributed by atoms with E-state index in [4.69, 9.17) is 4.74 Å². The molecule has 0 spiro atoms. The van der Waals surface area contributed by atoms with Gasteiger partial charge in [0.05, 0.1) is 6.54 Å². The number of methoxy groups -OCH3 is 1. The lowest BCUT2D eigenvalue weighted by Gasteiger charge is -2.28. The number of thiophene rings is 1. The fourth-order valence-corrected chi connectivity index (χ4v) is 4.81. The molecule has 0 fully saturated rings. The summed E-state index contributed by atoms with van der Waals surface area (Å²) < 4.78 is 5.19. The number of hydrogen-bond acceptors (Lipinski definition) is 4. The van der Waals surface area contributed by atoms with Crippen LogP contribution in [-0.4, -0.2) is 48.5 Å². The predicted molar refractivity (Wildman–Crippen MR) is 143 cm³/mol. The van der Waals surface area contributed by atoms with E-state index >= 15 is 0 Å². The molecule has 0 radical (unpaired) electrons. The standard InChI is InChI=1S/C28H35N3O3S/c1-21-10-8-11-22(2)27(21)29-28(33)30(16-9-17-34-4)20-26(32)31(18-24-12-6-5-7-13-24)19-25-15-14-23(3)35-25/h5-8,10-15H,9,16-20H2,1-4H3,(H,29,33). The van der Waals surface area contributed by atoms with Gasteiger partial charge in [-0.05, 0) is 56.0 Å². The van der Waals surface area contributed by atoms with Crippen LogP contribution in [0.2, 0.25) is 0 Å². The van der Waals surface area contributed by atoms with Gasteiger partial charge in [0.2, 0.25) is 5.91 Å². The van der Waals surface area contributed by atoms with Gasteiger partial charge in [-0.25, -0.2) is 4.79 Å². The Kier molecular flexibility index (Phi) is 9.87. The van der Waals surface area contributed by atoms with Crippen LogP contribution < -0.4 is 5.32 Å². The van der Waals surface area contributed by atoms with E-state index in [-0.39, 0.29) is 18.5 Å². The highest BCUT2D eigenvalue weighted by Crippen LogP contribution is 2.21. The van der Waals surface area contributed by atoms with E-state index in [2.05, 4.69) is 24.4 Å². The van der Waals surface area contributed by atoms with Crippen molar-refractivity contribution in [3.05, 3.63) is 87.1 Å². The molecule has 1 heterocycles. The van der Waals surface area contributed by atoms with Crippen LogP contribution in [0.5, 0.6) is 0 Å². The van der Waals surface area contributed by atoms with Crippen molar-refractivity contribution in [1.82, 2.24) is 9.80 Å². The number of benzene rings is 2. The zero-order valence-electron chi connectivity index (χ0n) is 21.0. The Morgan fingerprint density at radius 2 is 1.60 bits per heavy atom. The second kappa shape index (κ2) is 13.1. The van der Waals surface area contributed by atoms with Crippen LogP contribution >= 0.6 is 11.3 Å². The molecule has 6 nitrogen and oxygen atoms in total. The quantitative estimate of drug-likeness (QED) is 0.345. The molecule has 186 valence electrons. The number of anilines is 1. The highest BCUT2D eigenvalue weighted by atomic mass is 32.1. The van der Waals surface area contributed by atoms with Crippen molar-refractivity contribution in [3.8, 4) is 0 Å². The molecule has 0 aliphatic rings. The van der Waals surface area contributed by atoms with Crippen LogP contribution in [0.4, 0.5) is 10.5 Å². The summed E-state index contributed by atoms with van der Waals surface area (Å²) in [6.07, 6.45) is 0.646. The molecule has 0 unspecified atom stereocenters. The maximum absolute atomic E-state index is 13.6. The summed E-state index contributed by atoms with van der Waals surface area (Å²) in [5.41, 5.74) is 3.82. The second-order valence-electron chi connectivity index (χ2n) is 8.71. The fraction of sp³-hybridized carbons (Fsp3) is 0.357. The predicted octanol–water partition coefficient (Wildman–Crippen LogP) is 5.77. The van der Waals surface area contributed by atoms with E-state index in [1.165, 1.54) is 4.88 Å². The van der Waals surface area contributed by atoms with Gasteiger partial charge in [0.1, 0.15) is 6.54 Å². The summed E-state index contributed by atoms with van der Waals surface area (Å²) in [4.78, 5) is 32.6. The number of urea groups is 1. The molecule has 1 aromatic heterocycles. The highest BCUT2D eigenvalue weighted by Gasteiger charge is 2.23. The van der Waals surface area contributed by atoms with Crippen LogP contribution in [0, 0.1) is 20.8 Å². The average Bonchev–Trinajstić information content (AvgIpc) is 3.25. The third-order valence-corrected chi connectivity index (χ3v) is 6.80. The number of carbonyl (C=O) groups excluding carboxylic acids is 2. The first-order valence-corrected chi connectivity index (χ1v) is 12.7. The Balaban J connectivity index is 1.78. The van der Waals surface area contributed by atoms with Gasteiger partial charge < -0.3 is 19.9 Å². The Morgan fingerprint density at radius 1 is 0.886 bits per heavy atom. The van der Waals surface area contributed by atoms with Gasteiger partial charge in [-0.1, -0.05) is 48.5 Å². The summed E-state index contributed by atoms with van der Waals surface area (Å²) in [6, 6.07) is 19.7. The molecule has 2 aromatic carbocycles. The molecule has 0 saturated heterocycles. The van der Waals surface area contributed by atoms with E-state index in [1.54, 1.807) is 23.3 Å². The number of aryl methyl sites for hydroxylation is 3. The van der Waals surface area contributed by atoms with Crippen molar-refractivity contribution >= 4 is 29.0 Å². The molecule has 7 heteroatoms. The summed E-state index contributed by atoms with van der Waals surface area (Å²) in [7, 11) is 1.64. The number of hydrogen-bond donors (Lipinski definition) is 1. The number of para-hydroxylation sites is 1. The monoisotopic (exact) mass is 493 g/mol. The Labute approximate surface area is 212 Å². The van der Waals surface area contributed by atoms with Crippen molar-refractivity contribution in [2.24, 2.45) is 0 Å². The number of carbonyl (C=O) groups is 2. The molecule has 0 atom stereocenters. The van der Waals surface area contributed by atoms with E-state index in [9.17, 15) is 9.59 Å². The Bertz CT molecular complexity index is 1090. The van der Waals surface area contributed by atoms with Gasteiger partial charge in [-0.3, -0.25) is 4.79 Å². The first-order valence-electron chi connectivity index (χ1n) is 11.9. The van der Waals surface area contributed by atoms with Gasteiger partial charge in [0.25, 0.3) is 0 Å². The molecule has 0 aliphatic heterocycles. The van der Waals surface area contributed by atoms with Crippen molar-refractivity contribution in [2.45, 2.75) is 40.3 Å². The van der Waals surface area contributed by atoms with Gasteiger partial charge in [0.15, 0.2) is 0 Å². The van der Waals surface area contributed by atoms with Crippen molar-refractivity contribution in [1.29, 1.82) is 0 Å². The molecule has 3 amide bonds. The first kappa shape index (κ1) is 26.4. The lowest BCUT2D eigenvalue weighted by atomic mass is 10.1. The Morgan fingerprint density at radius 3 is 2.23 bits per heavy atom. The second-order valence-corrected chi connectivity index (χ2v) is 10.1. The zero-order valence-corrected chi connectivity index (χ0v) is 21.9. The first-order chi connectivity index (χ1) is 16.9. The largest absolute Gasteiger partial charge is 0.385 e. The maximum Gasteiger partial charge on any atom is 0.322 e. The number of nitrogens with one attached hydrogen (secondary N) is 1. The van der Waals surface area contributed by atoms with Crippen LogP contribution in [0.15, 0.2) is 60.7 Å².